The molecule has 4 nitrogen and oxygen atoms in total. The second kappa shape index (κ2) is 6.20. The average Bonchev–Trinajstić information content (AvgIpc) is 2.30. The second-order valence-electron chi connectivity index (χ2n) is 3.74. The Labute approximate surface area is 103 Å². The summed E-state index contributed by atoms with van der Waals surface area (Å²) in [5.41, 5.74) is 1.05. The minimum absolute atomic E-state index is 0.368. The number of rotatable bonds is 6. The highest BCUT2D eigenvalue weighted by Gasteiger charge is 2.26. The average molecular weight is 257 g/mol. The Morgan fingerprint density at radius 3 is 1.88 bits per heavy atom. The van der Waals surface area contributed by atoms with E-state index >= 15 is 0 Å². The first kappa shape index (κ1) is 14.2. The SMILES string of the molecule is CCOP(=O)(OCC)c1ccc(N(C)C)cc1. The molecule has 0 spiro atoms. The number of hydrogen-bond donors (Lipinski definition) is 0. The van der Waals surface area contributed by atoms with Crippen LogP contribution in [-0.4, -0.2) is 27.3 Å². The zero-order valence-electron chi connectivity index (χ0n) is 10.8. The first-order valence-electron chi connectivity index (χ1n) is 5.70. The maximum absolute atomic E-state index is 12.4. The third-order valence-electron chi connectivity index (χ3n) is 2.28. The van der Waals surface area contributed by atoms with Crippen molar-refractivity contribution in [3.63, 3.8) is 0 Å². The van der Waals surface area contributed by atoms with Crippen molar-refractivity contribution in [2.75, 3.05) is 32.2 Å². The minimum atomic E-state index is -3.14. The van der Waals surface area contributed by atoms with Crippen LogP contribution in [0.4, 0.5) is 5.69 Å². The second-order valence-corrected chi connectivity index (χ2v) is 5.77. The fourth-order valence-electron chi connectivity index (χ4n) is 1.46. The molecule has 96 valence electrons. The van der Waals surface area contributed by atoms with E-state index in [1.54, 1.807) is 26.0 Å². The molecule has 0 aliphatic carbocycles. The van der Waals surface area contributed by atoms with E-state index in [1.165, 1.54) is 0 Å². The van der Waals surface area contributed by atoms with Gasteiger partial charge in [-0.2, -0.15) is 0 Å². The van der Waals surface area contributed by atoms with Crippen LogP contribution in [0.1, 0.15) is 13.8 Å². The van der Waals surface area contributed by atoms with Crippen molar-refractivity contribution in [2.24, 2.45) is 0 Å². The van der Waals surface area contributed by atoms with Crippen molar-refractivity contribution in [2.45, 2.75) is 13.8 Å². The highest BCUT2D eigenvalue weighted by Crippen LogP contribution is 2.46. The molecule has 0 saturated heterocycles. The summed E-state index contributed by atoms with van der Waals surface area (Å²) in [6.07, 6.45) is 0. The Bertz CT molecular complexity index is 379. The molecule has 1 aromatic carbocycles. The molecule has 0 amide bonds. The van der Waals surface area contributed by atoms with Crippen molar-refractivity contribution in [1.82, 2.24) is 0 Å². The van der Waals surface area contributed by atoms with E-state index in [4.69, 9.17) is 9.05 Å². The lowest BCUT2D eigenvalue weighted by Crippen LogP contribution is -2.13. The van der Waals surface area contributed by atoms with Gasteiger partial charge in [0.05, 0.1) is 18.5 Å². The first-order chi connectivity index (χ1) is 8.03. The topological polar surface area (TPSA) is 38.8 Å². The van der Waals surface area contributed by atoms with Gasteiger partial charge >= 0.3 is 7.60 Å². The van der Waals surface area contributed by atoms with Crippen molar-refractivity contribution in [1.29, 1.82) is 0 Å². The van der Waals surface area contributed by atoms with Gasteiger partial charge in [0.1, 0.15) is 0 Å². The van der Waals surface area contributed by atoms with Gasteiger partial charge in [0.25, 0.3) is 0 Å². The normalized spacial score (nSPS) is 11.5. The van der Waals surface area contributed by atoms with Crippen molar-refractivity contribution < 1.29 is 13.6 Å². The lowest BCUT2D eigenvalue weighted by molar-refractivity contribution is 0.230. The Hall–Kier alpha value is -0.830. The predicted molar refractivity (Wildman–Crippen MR) is 71.3 cm³/mol. The van der Waals surface area contributed by atoms with Gasteiger partial charge in [-0.3, -0.25) is 4.57 Å². The van der Waals surface area contributed by atoms with Gasteiger partial charge in [-0.1, -0.05) is 0 Å². The molecule has 0 bridgehead atoms. The molecule has 0 fully saturated rings. The van der Waals surface area contributed by atoms with Crippen LogP contribution in [0.2, 0.25) is 0 Å². The highest BCUT2D eigenvalue weighted by molar-refractivity contribution is 7.62. The molecule has 1 aromatic rings. The van der Waals surface area contributed by atoms with Crippen LogP contribution >= 0.6 is 7.60 Å². The molecule has 17 heavy (non-hydrogen) atoms. The summed E-state index contributed by atoms with van der Waals surface area (Å²) < 4.78 is 23.0. The lowest BCUT2D eigenvalue weighted by Gasteiger charge is -2.18. The Morgan fingerprint density at radius 2 is 1.53 bits per heavy atom. The molecule has 0 aromatic heterocycles. The van der Waals surface area contributed by atoms with Crippen molar-refractivity contribution >= 4 is 18.6 Å². The van der Waals surface area contributed by atoms with E-state index in [0.717, 1.165) is 5.69 Å². The zero-order chi connectivity index (χ0) is 12.9. The summed E-state index contributed by atoms with van der Waals surface area (Å²) in [4.78, 5) is 1.98. The maximum Gasteiger partial charge on any atom is 0.361 e. The molecule has 0 saturated carbocycles. The van der Waals surface area contributed by atoms with Crippen LogP contribution in [0.5, 0.6) is 0 Å². The molecule has 0 atom stereocenters. The van der Waals surface area contributed by atoms with Crippen LogP contribution < -0.4 is 10.2 Å². The Kier molecular flexibility index (Phi) is 5.19. The molecule has 0 unspecified atom stereocenters. The van der Waals surface area contributed by atoms with E-state index in [1.807, 2.05) is 31.1 Å². The molecule has 0 aliphatic rings. The largest absolute Gasteiger partial charge is 0.378 e. The Morgan fingerprint density at radius 1 is 1.06 bits per heavy atom. The summed E-state index contributed by atoms with van der Waals surface area (Å²) in [6.45, 7) is 4.35. The fourth-order valence-corrected chi connectivity index (χ4v) is 3.03. The van der Waals surface area contributed by atoms with Crippen molar-refractivity contribution in [3.8, 4) is 0 Å². The van der Waals surface area contributed by atoms with E-state index in [-0.39, 0.29) is 0 Å². The first-order valence-corrected chi connectivity index (χ1v) is 7.24. The van der Waals surface area contributed by atoms with Crippen LogP contribution in [0.25, 0.3) is 0 Å². The molecule has 5 heteroatoms. The third-order valence-corrected chi connectivity index (χ3v) is 4.41. The molecule has 0 N–H and O–H groups in total. The van der Waals surface area contributed by atoms with Gasteiger partial charge in [0.15, 0.2) is 0 Å². The van der Waals surface area contributed by atoms with E-state index in [0.29, 0.717) is 18.5 Å². The summed E-state index contributed by atoms with van der Waals surface area (Å²) in [5, 5.41) is 0.604. The van der Waals surface area contributed by atoms with Crippen LogP contribution in [-0.2, 0) is 13.6 Å². The van der Waals surface area contributed by atoms with E-state index in [9.17, 15) is 4.57 Å². The van der Waals surface area contributed by atoms with E-state index in [2.05, 4.69) is 0 Å². The summed E-state index contributed by atoms with van der Waals surface area (Å²) in [6, 6.07) is 7.39. The maximum atomic E-state index is 12.4. The van der Waals surface area contributed by atoms with Gasteiger partial charge < -0.3 is 13.9 Å². The van der Waals surface area contributed by atoms with Gasteiger partial charge in [0, 0.05) is 19.8 Å². The van der Waals surface area contributed by atoms with Crippen molar-refractivity contribution in [3.05, 3.63) is 24.3 Å². The molecule has 0 radical (unpaired) electrons. The number of anilines is 1. The molecule has 0 heterocycles. The molecule has 1 rings (SSSR count). The molecule has 0 aliphatic heterocycles. The molecular formula is C12H20NO3P. The van der Waals surface area contributed by atoms with Crippen LogP contribution in [0.15, 0.2) is 24.3 Å². The van der Waals surface area contributed by atoms with Crippen LogP contribution in [0.3, 0.4) is 0 Å². The number of hydrogen-bond acceptors (Lipinski definition) is 4. The summed E-state index contributed by atoms with van der Waals surface area (Å²) in [5.74, 6) is 0. The number of benzene rings is 1. The van der Waals surface area contributed by atoms with Gasteiger partial charge in [-0.15, -0.1) is 0 Å². The minimum Gasteiger partial charge on any atom is -0.378 e. The van der Waals surface area contributed by atoms with Gasteiger partial charge in [-0.25, -0.2) is 0 Å². The Balaban J connectivity index is 2.99. The van der Waals surface area contributed by atoms with Crippen LogP contribution in [0, 0.1) is 0 Å². The van der Waals surface area contributed by atoms with E-state index < -0.39 is 7.60 Å². The monoisotopic (exact) mass is 257 g/mol. The van der Waals surface area contributed by atoms with Gasteiger partial charge in [0.2, 0.25) is 0 Å². The van der Waals surface area contributed by atoms with Gasteiger partial charge in [-0.05, 0) is 38.1 Å². The standard InChI is InChI=1S/C12H20NO3P/c1-5-15-17(14,16-6-2)12-9-7-11(8-10-12)13(3)4/h7-10H,5-6H2,1-4H3. The fraction of sp³-hybridized carbons (Fsp3) is 0.500. The lowest BCUT2D eigenvalue weighted by atomic mass is 10.3. The predicted octanol–water partition coefficient (Wildman–Crippen LogP) is 2.64. The summed E-state index contributed by atoms with van der Waals surface area (Å²) >= 11 is 0. The number of nitrogens with zero attached hydrogens (tertiary/aromatic N) is 1. The molecular weight excluding hydrogens is 237 g/mol. The highest BCUT2D eigenvalue weighted by atomic mass is 31.2. The zero-order valence-corrected chi connectivity index (χ0v) is 11.7. The smallest absolute Gasteiger partial charge is 0.361 e. The summed E-state index contributed by atoms with van der Waals surface area (Å²) in [7, 11) is 0.776. The quantitative estimate of drug-likeness (QED) is 0.734. The third kappa shape index (κ3) is 3.56.